The first kappa shape index (κ1) is 35.4. The Morgan fingerprint density at radius 3 is 2.16 bits per heavy atom. The van der Waals surface area contributed by atoms with Crippen molar-refractivity contribution in [3.63, 3.8) is 0 Å². The number of benzene rings is 1. The molecule has 1 heterocycles. The second-order valence-corrected chi connectivity index (χ2v) is 10.2. The van der Waals surface area contributed by atoms with Gasteiger partial charge in [0.25, 0.3) is 0 Å². The summed E-state index contributed by atoms with van der Waals surface area (Å²) in [5, 5.41) is 46.1. The number of carboxylic acid groups (broad SMARTS) is 2. The van der Waals surface area contributed by atoms with E-state index in [1.165, 1.54) is 36.1 Å². The van der Waals surface area contributed by atoms with Gasteiger partial charge in [-0.1, -0.05) is 12.1 Å². The van der Waals surface area contributed by atoms with E-state index >= 15 is 0 Å². The Morgan fingerprint density at radius 1 is 0.932 bits per heavy atom. The molecule has 1 aromatic rings. The van der Waals surface area contributed by atoms with Gasteiger partial charge in [-0.2, -0.15) is 0 Å². The van der Waals surface area contributed by atoms with E-state index in [0.29, 0.717) is 18.4 Å². The number of phenols is 1. The number of hydrogen-bond acceptors (Lipinski definition) is 10. The van der Waals surface area contributed by atoms with Crippen molar-refractivity contribution in [2.45, 2.75) is 69.2 Å². The number of aliphatic hydroxyl groups is 1. The molecule has 0 radical (unpaired) electrons. The summed E-state index contributed by atoms with van der Waals surface area (Å²) < 4.78 is 0. The summed E-state index contributed by atoms with van der Waals surface area (Å²) in [6.45, 7) is 0.200. The van der Waals surface area contributed by atoms with Gasteiger partial charge in [0, 0.05) is 19.4 Å². The zero-order chi connectivity index (χ0) is 33.0. The predicted molar refractivity (Wildman–Crippen MR) is 151 cm³/mol. The monoisotopic (exact) mass is 622 g/mol. The number of phenolic OH excluding ortho intramolecular Hbond substituents is 1. The molecule has 1 aliphatic heterocycles. The molecule has 0 unspecified atom stereocenters. The summed E-state index contributed by atoms with van der Waals surface area (Å²) in [5.74, 6) is -6.61. The fourth-order valence-corrected chi connectivity index (χ4v) is 4.44. The Balaban J connectivity index is 2.19. The number of likely N-dealkylation sites (tertiary alicyclic amines) is 1. The molecule has 0 saturated carbocycles. The number of carbonyl (C=O) groups is 7. The van der Waals surface area contributed by atoms with Crippen LogP contribution in [0.1, 0.15) is 38.2 Å². The van der Waals surface area contributed by atoms with Gasteiger partial charge in [0.15, 0.2) is 0 Å². The minimum Gasteiger partial charge on any atom is -0.508 e. The predicted octanol–water partition coefficient (Wildman–Crippen LogP) is -3.21. The van der Waals surface area contributed by atoms with Crippen LogP contribution in [0.4, 0.5) is 0 Å². The zero-order valence-electron chi connectivity index (χ0n) is 24.0. The van der Waals surface area contributed by atoms with Gasteiger partial charge in [-0.3, -0.25) is 33.6 Å². The second-order valence-electron chi connectivity index (χ2n) is 10.2. The van der Waals surface area contributed by atoms with Crippen LogP contribution in [0.3, 0.4) is 0 Å². The van der Waals surface area contributed by atoms with Gasteiger partial charge in [-0.05, 0) is 43.9 Å². The highest BCUT2D eigenvalue weighted by Crippen LogP contribution is 2.18. The first-order valence-corrected chi connectivity index (χ1v) is 13.8. The van der Waals surface area contributed by atoms with Gasteiger partial charge in [0.2, 0.25) is 29.5 Å². The van der Waals surface area contributed by atoms with Crippen LogP contribution in [0.25, 0.3) is 0 Å². The molecule has 242 valence electrons. The maximum Gasteiger partial charge on any atom is 0.322 e. The van der Waals surface area contributed by atoms with E-state index in [2.05, 4.69) is 21.3 Å². The first-order chi connectivity index (χ1) is 20.7. The molecule has 5 atom stereocenters. The Hall–Kier alpha value is -4.77. The number of nitrogens with one attached hydrogen (secondary N) is 4. The molecule has 5 amide bonds. The van der Waals surface area contributed by atoms with Crippen molar-refractivity contribution in [3.8, 4) is 5.75 Å². The standard InChI is InChI=1S/C27H38N6O11/c1-14(30-26(43)20-3-2-10-33(20)27(44)17(28)13-34)23(40)32-19(11-15-4-6-16(35)7-5-15)25(42)31-18(8-9-21(36)37)24(41)29-12-22(38)39/h4-7,14,17-20,34-35H,2-3,8-13,28H2,1H3,(H,29,41)(H,30,43)(H,31,42)(H,32,40)(H,36,37)(H,38,39)/t14-,17-,18-,19-,20-/m0/s1. The molecule has 17 nitrogen and oxygen atoms in total. The molecule has 10 N–H and O–H groups in total. The maximum atomic E-state index is 13.3. The molecule has 0 spiro atoms. The summed E-state index contributed by atoms with van der Waals surface area (Å²) in [6, 6.07) is -0.483. The third-order valence-electron chi connectivity index (χ3n) is 6.81. The van der Waals surface area contributed by atoms with E-state index in [0.717, 1.165) is 0 Å². The maximum absolute atomic E-state index is 13.3. The SMILES string of the molecule is C[C@H](NC(=O)[C@@H]1CCCN1C(=O)[C@@H](N)CO)C(=O)N[C@@H](Cc1ccc(O)cc1)C(=O)N[C@@H](CCC(=O)O)C(=O)NCC(=O)O. The highest BCUT2D eigenvalue weighted by Gasteiger charge is 2.37. The minimum atomic E-state index is -1.45. The molecule has 1 aliphatic rings. The van der Waals surface area contributed by atoms with Crippen LogP contribution in [0.2, 0.25) is 0 Å². The molecule has 0 aromatic heterocycles. The number of aromatic hydroxyl groups is 1. The Morgan fingerprint density at radius 2 is 1.57 bits per heavy atom. The topological polar surface area (TPSA) is 278 Å². The molecule has 1 aromatic carbocycles. The molecular weight excluding hydrogens is 584 g/mol. The number of hydrogen-bond donors (Lipinski definition) is 9. The third kappa shape index (κ3) is 10.8. The molecule has 1 saturated heterocycles. The van der Waals surface area contributed by atoms with E-state index < -0.39 is 91.3 Å². The quantitative estimate of drug-likeness (QED) is 0.0881. The van der Waals surface area contributed by atoms with Crippen LogP contribution in [0.5, 0.6) is 5.75 Å². The summed E-state index contributed by atoms with van der Waals surface area (Å²) in [4.78, 5) is 87.6. The number of amides is 5. The van der Waals surface area contributed by atoms with Gasteiger partial charge >= 0.3 is 11.9 Å². The summed E-state index contributed by atoms with van der Waals surface area (Å²) in [5.41, 5.74) is 6.09. The van der Waals surface area contributed by atoms with Crippen LogP contribution in [-0.4, -0.2) is 117 Å². The highest BCUT2D eigenvalue weighted by molar-refractivity contribution is 5.96. The van der Waals surface area contributed by atoms with Crippen LogP contribution < -0.4 is 27.0 Å². The van der Waals surface area contributed by atoms with Gasteiger partial charge in [-0.25, -0.2) is 0 Å². The van der Waals surface area contributed by atoms with E-state index in [9.17, 15) is 43.8 Å². The number of nitrogens with two attached hydrogens (primary N) is 1. The highest BCUT2D eigenvalue weighted by atomic mass is 16.4. The number of aliphatic hydroxyl groups excluding tert-OH is 1. The average Bonchev–Trinajstić information content (AvgIpc) is 3.47. The van der Waals surface area contributed by atoms with E-state index in [1.807, 2.05) is 0 Å². The van der Waals surface area contributed by atoms with Crippen molar-refractivity contribution < 1.29 is 54.0 Å². The molecular formula is C27H38N6O11. The lowest BCUT2D eigenvalue weighted by Gasteiger charge is -2.28. The average molecular weight is 623 g/mol. The number of rotatable bonds is 16. The number of nitrogens with zero attached hydrogens (tertiary/aromatic N) is 1. The van der Waals surface area contributed by atoms with Crippen molar-refractivity contribution in [2.75, 3.05) is 19.7 Å². The number of carboxylic acids is 2. The molecule has 17 heteroatoms. The third-order valence-corrected chi connectivity index (χ3v) is 6.81. The van der Waals surface area contributed by atoms with Crippen LogP contribution in [0.15, 0.2) is 24.3 Å². The smallest absolute Gasteiger partial charge is 0.322 e. The van der Waals surface area contributed by atoms with Crippen molar-refractivity contribution in [1.29, 1.82) is 0 Å². The minimum absolute atomic E-state index is 0.0571. The Bertz CT molecular complexity index is 1230. The fourth-order valence-electron chi connectivity index (χ4n) is 4.44. The summed E-state index contributed by atoms with van der Waals surface area (Å²) in [7, 11) is 0. The largest absolute Gasteiger partial charge is 0.508 e. The number of carbonyl (C=O) groups excluding carboxylic acids is 5. The molecule has 1 fully saturated rings. The van der Waals surface area contributed by atoms with Gasteiger partial charge in [-0.15, -0.1) is 0 Å². The van der Waals surface area contributed by atoms with Gasteiger partial charge < -0.3 is 52.3 Å². The lowest BCUT2D eigenvalue weighted by molar-refractivity contribution is -0.141. The number of aliphatic carboxylic acids is 2. The lowest BCUT2D eigenvalue weighted by atomic mass is 10.0. The Kier molecular flexibility index (Phi) is 13.5. The van der Waals surface area contributed by atoms with Crippen molar-refractivity contribution in [2.24, 2.45) is 5.73 Å². The molecule has 0 bridgehead atoms. The summed E-state index contributed by atoms with van der Waals surface area (Å²) >= 11 is 0. The molecule has 0 aliphatic carbocycles. The van der Waals surface area contributed by atoms with Gasteiger partial charge in [0.1, 0.15) is 42.5 Å². The van der Waals surface area contributed by atoms with Crippen LogP contribution in [-0.2, 0) is 40.0 Å². The fraction of sp³-hybridized carbons (Fsp3) is 0.519. The van der Waals surface area contributed by atoms with E-state index in [1.54, 1.807) is 0 Å². The van der Waals surface area contributed by atoms with E-state index in [4.69, 9.17) is 15.9 Å². The molecule has 2 rings (SSSR count). The van der Waals surface area contributed by atoms with Crippen LogP contribution >= 0.6 is 0 Å². The van der Waals surface area contributed by atoms with Crippen LogP contribution in [0, 0.1) is 0 Å². The van der Waals surface area contributed by atoms with Crippen molar-refractivity contribution in [1.82, 2.24) is 26.2 Å². The van der Waals surface area contributed by atoms with Crippen molar-refractivity contribution >= 4 is 41.5 Å². The lowest BCUT2D eigenvalue weighted by Crippen LogP contribution is -2.58. The second kappa shape index (κ2) is 16.8. The van der Waals surface area contributed by atoms with Gasteiger partial charge in [0.05, 0.1) is 6.61 Å². The van der Waals surface area contributed by atoms with Crippen molar-refractivity contribution in [3.05, 3.63) is 29.8 Å². The summed E-state index contributed by atoms with van der Waals surface area (Å²) in [6.07, 6.45) is -0.258. The van der Waals surface area contributed by atoms with E-state index in [-0.39, 0.29) is 25.1 Å². The zero-order valence-corrected chi connectivity index (χ0v) is 24.0. The first-order valence-electron chi connectivity index (χ1n) is 13.8. The normalized spacial score (nSPS) is 17.0. The Labute approximate surface area is 252 Å². The molecule has 44 heavy (non-hydrogen) atoms.